The maximum atomic E-state index is 13.9. The summed E-state index contributed by atoms with van der Waals surface area (Å²) in [5, 5.41) is 0. The molecule has 0 bridgehead atoms. The van der Waals surface area contributed by atoms with Crippen LogP contribution < -0.4 is 0 Å². The molecule has 2 heteroatoms. The highest BCUT2D eigenvalue weighted by molar-refractivity contribution is 5.83. The van der Waals surface area contributed by atoms with Crippen molar-refractivity contribution < 1.29 is 4.79 Å². The van der Waals surface area contributed by atoms with Gasteiger partial charge in [-0.2, -0.15) is 0 Å². The highest BCUT2D eigenvalue weighted by Crippen LogP contribution is 2.30. The van der Waals surface area contributed by atoms with Crippen LogP contribution in [0.15, 0.2) is 103 Å². The predicted molar refractivity (Wildman–Crippen MR) is 135 cm³/mol. The van der Waals surface area contributed by atoms with Crippen LogP contribution in [-0.4, -0.2) is 16.8 Å². The average molecular weight is 432 g/mol. The first-order chi connectivity index (χ1) is 16.2. The summed E-state index contributed by atoms with van der Waals surface area (Å²) >= 11 is 0. The van der Waals surface area contributed by atoms with Gasteiger partial charge in [0.2, 0.25) is 5.91 Å². The summed E-state index contributed by atoms with van der Waals surface area (Å²) in [7, 11) is 0. The molecular formula is C31H29NO. The quantitative estimate of drug-likeness (QED) is 0.346. The Kier molecular flexibility index (Phi) is 6.08. The lowest BCUT2D eigenvalue weighted by molar-refractivity contribution is -0.133. The second-order valence-corrected chi connectivity index (χ2v) is 8.98. The van der Waals surface area contributed by atoms with Crippen molar-refractivity contribution in [2.75, 3.05) is 0 Å². The summed E-state index contributed by atoms with van der Waals surface area (Å²) in [6, 6.07) is 35.9. The summed E-state index contributed by atoms with van der Waals surface area (Å²) in [4.78, 5) is 16.0. The van der Waals surface area contributed by atoms with E-state index in [2.05, 4.69) is 103 Å². The van der Waals surface area contributed by atoms with Crippen molar-refractivity contribution >= 4 is 5.91 Å². The molecule has 164 valence electrons. The number of nitrogens with zero attached hydrogens (tertiary/aromatic N) is 1. The minimum absolute atomic E-state index is 0.194. The number of hydrogen-bond acceptors (Lipinski definition) is 1. The van der Waals surface area contributed by atoms with Gasteiger partial charge < -0.3 is 4.90 Å². The molecule has 0 spiro atoms. The van der Waals surface area contributed by atoms with Crippen molar-refractivity contribution in [3.05, 3.63) is 131 Å². The number of carbonyl (C=O) groups excluding carboxylic acids is 1. The van der Waals surface area contributed by atoms with Gasteiger partial charge in [0.05, 0.1) is 6.42 Å². The summed E-state index contributed by atoms with van der Waals surface area (Å²) < 4.78 is 0. The Hall–Kier alpha value is -3.65. The molecule has 0 aromatic heterocycles. The van der Waals surface area contributed by atoms with Crippen molar-refractivity contribution in [3.63, 3.8) is 0 Å². The minimum Gasteiger partial charge on any atom is -0.334 e. The van der Waals surface area contributed by atoms with Gasteiger partial charge in [-0.15, -0.1) is 0 Å². The molecule has 0 radical (unpaired) electrons. The summed E-state index contributed by atoms with van der Waals surface area (Å²) in [5.41, 5.74) is 8.52. The predicted octanol–water partition coefficient (Wildman–Crippen LogP) is 6.40. The topological polar surface area (TPSA) is 20.3 Å². The molecule has 33 heavy (non-hydrogen) atoms. The first kappa shape index (κ1) is 21.2. The molecule has 1 aliphatic carbocycles. The van der Waals surface area contributed by atoms with Gasteiger partial charge in [0.25, 0.3) is 0 Å². The van der Waals surface area contributed by atoms with E-state index < -0.39 is 0 Å². The Morgan fingerprint density at radius 1 is 0.758 bits per heavy atom. The zero-order chi connectivity index (χ0) is 22.6. The second kappa shape index (κ2) is 9.46. The van der Waals surface area contributed by atoms with Crippen LogP contribution in [0.2, 0.25) is 0 Å². The normalized spacial score (nSPS) is 13.0. The van der Waals surface area contributed by atoms with Crippen LogP contribution in [0.3, 0.4) is 0 Å². The maximum absolute atomic E-state index is 13.9. The third-order valence-electron chi connectivity index (χ3n) is 6.81. The van der Waals surface area contributed by atoms with E-state index in [1.54, 1.807) is 0 Å². The lowest BCUT2D eigenvalue weighted by Gasteiger charge is -2.30. The largest absolute Gasteiger partial charge is 0.334 e. The van der Waals surface area contributed by atoms with Gasteiger partial charge in [-0.1, -0.05) is 103 Å². The highest BCUT2D eigenvalue weighted by Gasteiger charge is 2.30. The Bertz CT molecular complexity index is 1220. The van der Waals surface area contributed by atoms with Crippen LogP contribution in [0.25, 0.3) is 11.1 Å². The van der Waals surface area contributed by atoms with E-state index in [9.17, 15) is 4.79 Å². The molecule has 0 N–H and O–H groups in total. The van der Waals surface area contributed by atoms with Gasteiger partial charge in [-0.05, 0) is 58.7 Å². The summed E-state index contributed by atoms with van der Waals surface area (Å²) in [5.74, 6) is 0.197. The van der Waals surface area contributed by atoms with Crippen molar-refractivity contribution in [1.29, 1.82) is 0 Å². The molecular weight excluding hydrogens is 402 g/mol. The molecule has 0 unspecified atom stereocenters. The number of benzene rings is 4. The molecule has 0 fully saturated rings. The van der Waals surface area contributed by atoms with Gasteiger partial charge in [0.1, 0.15) is 0 Å². The fourth-order valence-electron chi connectivity index (χ4n) is 5.03. The smallest absolute Gasteiger partial charge is 0.227 e. The number of aryl methyl sites for hydroxylation is 1. The number of rotatable bonds is 6. The zero-order valence-corrected chi connectivity index (χ0v) is 19.1. The molecule has 0 saturated carbocycles. The number of carbonyl (C=O) groups is 1. The number of hydrogen-bond donors (Lipinski definition) is 0. The first-order valence-corrected chi connectivity index (χ1v) is 11.7. The molecule has 0 saturated heterocycles. The minimum atomic E-state index is 0.194. The molecule has 0 aliphatic heterocycles. The summed E-state index contributed by atoms with van der Waals surface area (Å²) in [6.07, 6.45) is 2.26. The fraction of sp³-hybridized carbons (Fsp3) is 0.194. The molecule has 4 aromatic rings. The third kappa shape index (κ3) is 4.61. The number of amides is 1. The van der Waals surface area contributed by atoms with Crippen molar-refractivity contribution in [3.8, 4) is 11.1 Å². The van der Waals surface area contributed by atoms with E-state index in [-0.39, 0.29) is 11.9 Å². The Morgan fingerprint density at radius 3 is 2.03 bits per heavy atom. The second-order valence-electron chi connectivity index (χ2n) is 8.98. The molecule has 1 amide bonds. The molecule has 4 aromatic carbocycles. The number of fused-ring (bicyclic) bond motifs is 1. The van der Waals surface area contributed by atoms with E-state index in [1.165, 1.54) is 22.3 Å². The van der Waals surface area contributed by atoms with Crippen LogP contribution in [0.1, 0.15) is 27.8 Å². The lowest BCUT2D eigenvalue weighted by Crippen LogP contribution is -2.41. The van der Waals surface area contributed by atoms with Gasteiger partial charge in [-0.25, -0.2) is 0 Å². The Balaban J connectivity index is 1.46. The van der Waals surface area contributed by atoms with E-state index >= 15 is 0 Å². The maximum Gasteiger partial charge on any atom is 0.227 e. The average Bonchev–Trinajstić information content (AvgIpc) is 3.29. The molecule has 1 aliphatic rings. The molecule has 0 heterocycles. The van der Waals surface area contributed by atoms with Gasteiger partial charge >= 0.3 is 0 Å². The van der Waals surface area contributed by atoms with E-state index in [0.717, 1.165) is 29.5 Å². The van der Waals surface area contributed by atoms with Gasteiger partial charge in [-0.3, -0.25) is 4.79 Å². The molecule has 0 atom stereocenters. The van der Waals surface area contributed by atoms with Crippen LogP contribution in [0.4, 0.5) is 0 Å². The summed E-state index contributed by atoms with van der Waals surface area (Å²) in [6.45, 7) is 2.76. The van der Waals surface area contributed by atoms with Crippen LogP contribution >= 0.6 is 0 Å². The highest BCUT2D eigenvalue weighted by atomic mass is 16.2. The van der Waals surface area contributed by atoms with Gasteiger partial charge in [0.15, 0.2) is 0 Å². The van der Waals surface area contributed by atoms with Gasteiger partial charge in [0, 0.05) is 12.6 Å². The zero-order valence-electron chi connectivity index (χ0n) is 19.1. The van der Waals surface area contributed by atoms with Crippen molar-refractivity contribution in [2.45, 2.75) is 38.8 Å². The third-order valence-corrected chi connectivity index (χ3v) is 6.81. The SMILES string of the molecule is Cc1cccc(-c2ccccc2)c1CC(=O)N(Cc1ccccc1)C1Cc2ccccc2C1. The monoisotopic (exact) mass is 431 g/mol. The lowest BCUT2D eigenvalue weighted by atomic mass is 9.93. The van der Waals surface area contributed by atoms with E-state index in [1.807, 2.05) is 12.1 Å². The van der Waals surface area contributed by atoms with Crippen molar-refractivity contribution in [1.82, 2.24) is 4.90 Å². The van der Waals surface area contributed by atoms with E-state index in [0.29, 0.717) is 13.0 Å². The van der Waals surface area contributed by atoms with Crippen LogP contribution in [-0.2, 0) is 30.6 Å². The van der Waals surface area contributed by atoms with Crippen molar-refractivity contribution in [2.24, 2.45) is 0 Å². The Labute approximate surface area is 196 Å². The standard InChI is InChI=1S/C31H29NO/c1-23-11-10-18-29(25-14-6-3-7-15-25)30(23)21-31(33)32(22-24-12-4-2-5-13-24)28-19-26-16-8-9-17-27(26)20-28/h2-18,28H,19-22H2,1H3. The fourth-order valence-corrected chi connectivity index (χ4v) is 5.03. The first-order valence-electron chi connectivity index (χ1n) is 11.7. The van der Waals surface area contributed by atoms with Crippen LogP contribution in [0.5, 0.6) is 0 Å². The van der Waals surface area contributed by atoms with Crippen LogP contribution in [0, 0.1) is 6.92 Å². The molecule has 2 nitrogen and oxygen atoms in total. The molecule has 5 rings (SSSR count). The Morgan fingerprint density at radius 2 is 1.36 bits per heavy atom. The van der Waals surface area contributed by atoms with E-state index in [4.69, 9.17) is 0 Å².